The quantitative estimate of drug-likeness (QED) is 0.742. The van der Waals surface area contributed by atoms with Crippen molar-refractivity contribution in [3.05, 3.63) is 66.0 Å². The van der Waals surface area contributed by atoms with Crippen molar-refractivity contribution in [3.8, 4) is 17.1 Å². The molecule has 1 aliphatic heterocycles. The van der Waals surface area contributed by atoms with Crippen LogP contribution in [0.5, 0.6) is 5.75 Å². The van der Waals surface area contributed by atoms with Crippen LogP contribution >= 0.6 is 0 Å². The fourth-order valence-corrected chi connectivity index (χ4v) is 3.64. The molecule has 2 aromatic carbocycles. The van der Waals surface area contributed by atoms with Crippen LogP contribution in [0.4, 0.5) is 5.69 Å². The summed E-state index contributed by atoms with van der Waals surface area (Å²) >= 11 is 0. The normalized spacial score (nSPS) is 13.5. The van der Waals surface area contributed by atoms with Crippen LogP contribution in [0, 0.1) is 0 Å². The zero-order valence-corrected chi connectivity index (χ0v) is 15.4. The third kappa shape index (κ3) is 3.45. The molecule has 0 fully saturated rings. The summed E-state index contributed by atoms with van der Waals surface area (Å²) in [5.74, 6) is 1.32. The van der Waals surface area contributed by atoms with Crippen molar-refractivity contribution in [3.63, 3.8) is 0 Å². The van der Waals surface area contributed by atoms with Gasteiger partial charge in [0.05, 0.1) is 18.5 Å². The first-order valence-corrected chi connectivity index (χ1v) is 9.37. The van der Waals surface area contributed by atoms with Crippen LogP contribution in [-0.4, -0.2) is 22.6 Å². The molecule has 5 nitrogen and oxygen atoms in total. The maximum atomic E-state index is 13.1. The Morgan fingerprint density at radius 2 is 1.81 bits per heavy atom. The van der Waals surface area contributed by atoms with Crippen molar-refractivity contribution >= 4 is 11.6 Å². The van der Waals surface area contributed by atoms with Crippen LogP contribution in [0.1, 0.15) is 35.4 Å². The second-order valence-corrected chi connectivity index (χ2v) is 6.71. The van der Waals surface area contributed by atoms with E-state index in [-0.39, 0.29) is 5.91 Å². The average molecular weight is 361 g/mol. The average Bonchev–Trinajstić information content (AvgIpc) is 2.90. The third-order valence-electron chi connectivity index (χ3n) is 4.97. The minimum Gasteiger partial charge on any atom is -0.495 e. The number of hydrogen-bond donors (Lipinski definition) is 1. The smallest absolute Gasteiger partial charge is 0.276 e. The van der Waals surface area contributed by atoms with Gasteiger partial charge in [-0.2, -0.15) is 0 Å². The number of hydrogen-bond acceptors (Lipinski definition) is 3. The topological polar surface area (TPSA) is 56.1 Å². The number of amides is 1. The lowest BCUT2D eigenvalue weighted by Crippen LogP contribution is -2.16. The Bertz CT molecular complexity index is 947. The first kappa shape index (κ1) is 17.3. The fraction of sp³-hybridized carbons (Fsp3) is 0.273. The zero-order chi connectivity index (χ0) is 18.6. The Kier molecular flexibility index (Phi) is 4.92. The summed E-state index contributed by atoms with van der Waals surface area (Å²) in [5, 5.41) is 2.97. The van der Waals surface area contributed by atoms with Crippen LogP contribution < -0.4 is 10.1 Å². The minimum absolute atomic E-state index is 0.188. The van der Waals surface area contributed by atoms with Crippen molar-refractivity contribution in [2.45, 2.75) is 32.2 Å². The molecule has 0 bridgehead atoms. The lowest BCUT2D eigenvalue weighted by molar-refractivity contribution is 0.102. The van der Waals surface area contributed by atoms with Crippen molar-refractivity contribution in [1.29, 1.82) is 0 Å². The van der Waals surface area contributed by atoms with Gasteiger partial charge in [0.25, 0.3) is 5.91 Å². The molecule has 4 rings (SSSR count). The number of methoxy groups -OCH3 is 1. The van der Waals surface area contributed by atoms with Gasteiger partial charge in [-0.15, -0.1) is 0 Å². The lowest BCUT2D eigenvalue weighted by atomic mass is 10.1. The van der Waals surface area contributed by atoms with Crippen molar-refractivity contribution < 1.29 is 9.53 Å². The molecular weight excluding hydrogens is 338 g/mol. The van der Waals surface area contributed by atoms with E-state index < -0.39 is 0 Å². The SMILES string of the molecule is COc1ccccc1NC(=O)c1nc(-c2ccccc2)n2c1CCCCC2. The number of benzene rings is 2. The minimum atomic E-state index is -0.188. The maximum absolute atomic E-state index is 13.1. The third-order valence-corrected chi connectivity index (χ3v) is 4.97. The Morgan fingerprint density at radius 3 is 2.63 bits per heavy atom. The van der Waals surface area contributed by atoms with Crippen LogP contribution in [-0.2, 0) is 13.0 Å². The molecule has 138 valence electrons. The first-order valence-electron chi connectivity index (χ1n) is 9.37. The monoisotopic (exact) mass is 361 g/mol. The highest BCUT2D eigenvalue weighted by atomic mass is 16.5. The molecule has 0 radical (unpaired) electrons. The molecular formula is C22H23N3O2. The summed E-state index contributed by atoms with van der Waals surface area (Å²) in [5.41, 5.74) is 3.24. The molecule has 3 aromatic rings. The van der Waals surface area contributed by atoms with Gasteiger partial charge in [-0.3, -0.25) is 4.79 Å². The van der Waals surface area contributed by atoms with Crippen LogP contribution in [0.3, 0.4) is 0 Å². The van der Waals surface area contributed by atoms with E-state index in [1.54, 1.807) is 7.11 Å². The predicted molar refractivity (Wildman–Crippen MR) is 106 cm³/mol. The molecule has 1 amide bonds. The van der Waals surface area contributed by atoms with Crippen molar-refractivity contribution in [1.82, 2.24) is 9.55 Å². The van der Waals surface area contributed by atoms with E-state index in [1.165, 1.54) is 6.42 Å². The number of fused-ring (bicyclic) bond motifs is 1. The van der Waals surface area contributed by atoms with E-state index in [1.807, 2.05) is 54.6 Å². The van der Waals surface area contributed by atoms with Gasteiger partial charge in [-0.1, -0.05) is 48.9 Å². The van der Waals surface area contributed by atoms with Crippen molar-refractivity contribution in [2.75, 3.05) is 12.4 Å². The predicted octanol–water partition coefficient (Wildman–Crippen LogP) is 4.54. The summed E-state index contributed by atoms with van der Waals surface area (Å²) in [4.78, 5) is 17.8. The molecule has 0 saturated carbocycles. The standard InChI is InChI=1S/C22H23N3O2/c1-27-19-14-8-7-12-17(19)23-22(26)20-18-13-6-3-9-15-25(18)21(24-20)16-10-4-2-5-11-16/h2,4-5,7-8,10-12,14H,3,6,9,13,15H2,1H3,(H,23,26). The van der Waals surface area contributed by atoms with E-state index in [4.69, 9.17) is 9.72 Å². The molecule has 27 heavy (non-hydrogen) atoms. The largest absolute Gasteiger partial charge is 0.495 e. The molecule has 0 spiro atoms. The number of aromatic nitrogens is 2. The van der Waals surface area contributed by atoms with Gasteiger partial charge in [0.1, 0.15) is 17.3 Å². The highest BCUT2D eigenvalue weighted by molar-refractivity contribution is 6.05. The van der Waals surface area contributed by atoms with E-state index in [9.17, 15) is 4.79 Å². The molecule has 0 saturated heterocycles. The van der Waals surface area contributed by atoms with Gasteiger partial charge in [0.15, 0.2) is 0 Å². The van der Waals surface area contributed by atoms with Crippen LogP contribution in [0.15, 0.2) is 54.6 Å². The molecule has 0 atom stereocenters. The van der Waals surface area contributed by atoms with Gasteiger partial charge in [-0.05, 0) is 31.4 Å². The number of ether oxygens (including phenoxy) is 1. The van der Waals surface area contributed by atoms with Gasteiger partial charge >= 0.3 is 0 Å². The Hall–Kier alpha value is -3.08. The van der Waals surface area contributed by atoms with Crippen molar-refractivity contribution in [2.24, 2.45) is 0 Å². The summed E-state index contributed by atoms with van der Waals surface area (Å²) < 4.78 is 7.57. The number of imidazole rings is 1. The van der Waals surface area contributed by atoms with Crippen LogP contribution in [0.2, 0.25) is 0 Å². The Labute approximate surface area is 159 Å². The molecule has 0 aliphatic carbocycles. The summed E-state index contributed by atoms with van der Waals surface area (Å²) in [6.45, 7) is 0.897. The Balaban J connectivity index is 1.74. The van der Waals surface area contributed by atoms with E-state index in [0.29, 0.717) is 17.1 Å². The summed E-state index contributed by atoms with van der Waals surface area (Å²) in [6, 6.07) is 17.5. The van der Waals surface area contributed by atoms with Gasteiger partial charge in [0.2, 0.25) is 0 Å². The number of carbonyl (C=O) groups is 1. The number of anilines is 1. The summed E-state index contributed by atoms with van der Waals surface area (Å²) in [7, 11) is 1.60. The summed E-state index contributed by atoms with van der Waals surface area (Å²) in [6.07, 6.45) is 4.23. The number of nitrogens with zero attached hydrogens (tertiary/aromatic N) is 2. The highest BCUT2D eigenvalue weighted by Crippen LogP contribution is 2.29. The van der Waals surface area contributed by atoms with Gasteiger partial charge < -0.3 is 14.6 Å². The molecule has 5 heteroatoms. The number of para-hydroxylation sites is 2. The first-order chi connectivity index (χ1) is 13.3. The molecule has 2 heterocycles. The fourth-order valence-electron chi connectivity index (χ4n) is 3.64. The zero-order valence-electron chi connectivity index (χ0n) is 15.4. The van der Waals surface area contributed by atoms with E-state index >= 15 is 0 Å². The maximum Gasteiger partial charge on any atom is 0.276 e. The Morgan fingerprint density at radius 1 is 1.04 bits per heavy atom. The second kappa shape index (κ2) is 7.66. The molecule has 0 unspecified atom stereocenters. The number of rotatable bonds is 4. The van der Waals surface area contributed by atoms with Gasteiger partial charge in [0, 0.05) is 12.1 Å². The highest BCUT2D eigenvalue weighted by Gasteiger charge is 2.24. The number of carbonyl (C=O) groups excluding carboxylic acids is 1. The van der Waals surface area contributed by atoms with E-state index in [2.05, 4.69) is 9.88 Å². The number of nitrogens with one attached hydrogen (secondary N) is 1. The molecule has 1 aromatic heterocycles. The molecule has 1 N–H and O–H groups in total. The molecule has 1 aliphatic rings. The second-order valence-electron chi connectivity index (χ2n) is 6.71. The van der Waals surface area contributed by atoms with Gasteiger partial charge in [-0.25, -0.2) is 4.98 Å². The lowest BCUT2D eigenvalue weighted by Gasteiger charge is -2.10. The van der Waals surface area contributed by atoms with Crippen LogP contribution in [0.25, 0.3) is 11.4 Å². The van der Waals surface area contributed by atoms with E-state index in [0.717, 1.165) is 42.9 Å².